The third-order valence-electron chi connectivity index (χ3n) is 2.06. The van der Waals surface area contributed by atoms with Crippen LogP contribution >= 0.6 is 0 Å². The number of hydrogen-bond acceptors (Lipinski definition) is 2. The molecule has 0 aliphatic rings. The fourth-order valence-electron chi connectivity index (χ4n) is 1.27. The Bertz CT molecular complexity index is 352. The Kier molecular flexibility index (Phi) is 4.37. The molecule has 0 aromatic heterocycles. The summed E-state index contributed by atoms with van der Waals surface area (Å²) in [6.07, 6.45) is 0.840. The summed E-state index contributed by atoms with van der Waals surface area (Å²) in [7, 11) is 1.77. The summed E-state index contributed by atoms with van der Waals surface area (Å²) in [5.41, 5.74) is -0.161. The molecule has 4 heteroatoms. The molecule has 0 unspecified atom stereocenters. The van der Waals surface area contributed by atoms with E-state index in [4.69, 9.17) is 0 Å². The molecule has 0 saturated heterocycles. The number of carbonyl (C=O) groups excluding carboxylic acids is 1. The summed E-state index contributed by atoms with van der Waals surface area (Å²) in [4.78, 5) is 11.5. The molecule has 0 bridgehead atoms. The fraction of sp³-hybridized carbons (Fsp3) is 0.364. The van der Waals surface area contributed by atoms with E-state index in [1.807, 2.05) is 0 Å². The molecule has 0 aliphatic carbocycles. The first kappa shape index (κ1) is 11.8. The molecule has 1 aromatic carbocycles. The number of ketones is 1. The number of Topliss-reactive ketones (excluding diaryl/α,β-unsaturated/α-hetero) is 1. The molecule has 0 radical (unpaired) electrons. The predicted molar refractivity (Wildman–Crippen MR) is 53.8 cm³/mol. The van der Waals surface area contributed by atoms with Crippen molar-refractivity contribution >= 4 is 5.78 Å². The molecule has 0 spiro atoms. The van der Waals surface area contributed by atoms with Crippen molar-refractivity contribution in [1.82, 2.24) is 5.32 Å². The number of hydrogen-bond donors (Lipinski definition) is 1. The van der Waals surface area contributed by atoms with Gasteiger partial charge in [-0.3, -0.25) is 4.79 Å². The molecular formula is C11H13F2NO. The SMILES string of the molecule is CNCCCC(=O)c1cc(F)ccc1F. The summed E-state index contributed by atoms with van der Waals surface area (Å²) in [6, 6.07) is 2.91. The Hall–Kier alpha value is -1.29. The van der Waals surface area contributed by atoms with Gasteiger partial charge in [-0.2, -0.15) is 0 Å². The van der Waals surface area contributed by atoms with E-state index in [0.717, 1.165) is 18.2 Å². The normalized spacial score (nSPS) is 10.3. The van der Waals surface area contributed by atoms with E-state index in [1.54, 1.807) is 7.05 Å². The van der Waals surface area contributed by atoms with E-state index >= 15 is 0 Å². The summed E-state index contributed by atoms with van der Waals surface area (Å²) in [5.74, 6) is -1.61. The largest absolute Gasteiger partial charge is 0.320 e. The second-order valence-corrected chi connectivity index (χ2v) is 3.25. The van der Waals surface area contributed by atoms with Gasteiger partial charge in [0.1, 0.15) is 11.6 Å². The minimum absolute atomic E-state index is 0.161. The second kappa shape index (κ2) is 5.56. The van der Waals surface area contributed by atoms with Gasteiger partial charge in [0, 0.05) is 6.42 Å². The van der Waals surface area contributed by atoms with Gasteiger partial charge in [-0.25, -0.2) is 8.78 Å². The van der Waals surface area contributed by atoms with Gasteiger partial charge in [0.2, 0.25) is 0 Å². The van der Waals surface area contributed by atoms with Crippen molar-refractivity contribution in [2.45, 2.75) is 12.8 Å². The van der Waals surface area contributed by atoms with Crippen molar-refractivity contribution < 1.29 is 13.6 Å². The zero-order chi connectivity index (χ0) is 11.3. The van der Waals surface area contributed by atoms with Crippen LogP contribution in [0.25, 0.3) is 0 Å². The maximum atomic E-state index is 13.1. The lowest BCUT2D eigenvalue weighted by Crippen LogP contribution is -2.11. The van der Waals surface area contributed by atoms with Crippen LogP contribution in [0.4, 0.5) is 8.78 Å². The molecule has 0 fully saturated rings. The van der Waals surface area contributed by atoms with Gasteiger partial charge in [0.25, 0.3) is 0 Å². The molecule has 0 heterocycles. The Morgan fingerprint density at radius 1 is 1.40 bits per heavy atom. The Balaban J connectivity index is 2.68. The highest BCUT2D eigenvalue weighted by Gasteiger charge is 2.11. The second-order valence-electron chi connectivity index (χ2n) is 3.25. The molecule has 0 amide bonds. The summed E-state index contributed by atoms with van der Waals surface area (Å²) >= 11 is 0. The third kappa shape index (κ3) is 3.40. The van der Waals surface area contributed by atoms with Gasteiger partial charge in [0.15, 0.2) is 5.78 Å². The predicted octanol–water partition coefficient (Wildman–Crippen LogP) is 2.15. The zero-order valence-corrected chi connectivity index (χ0v) is 8.52. The highest BCUT2D eigenvalue weighted by atomic mass is 19.1. The molecule has 1 N–H and O–H groups in total. The van der Waals surface area contributed by atoms with Crippen LogP contribution < -0.4 is 5.32 Å². The van der Waals surface area contributed by atoms with E-state index in [2.05, 4.69) is 5.32 Å². The van der Waals surface area contributed by atoms with Gasteiger partial charge >= 0.3 is 0 Å². The molecule has 2 nitrogen and oxygen atoms in total. The van der Waals surface area contributed by atoms with E-state index < -0.39 is 11.6 Å². The van der Waals surface area contributed by atoms with Crippen molar-refractivity contribution in [3.63, 3.8) is 0 Å². The number of rotatable bonds is 5. The summed E-state index contributed by atoms with van der Waals surface area (Å²) < 4.78 is 25.9. The lowest BCUT2D eigenvalue weighted by atomic mass is 10.1. The Morgan fingerprint density at radius 3 is 2.80 bits per heavy atom. The van der Waals surface area contributed by atoms with Crippen molar-refractivity contribution in [3.05, 3.63) is 35.4 Å². The van der Waals surface area contributed by atoms with E-state index in [0.29, 0.717) is 13.0 Å². The van der Waals surface area contributed by atoms with Crippen LogP contribution in [0, 0.1) is 11.6 Å². The standard InChI is InChI=1S/C11H13F2NO/c1-14-6-2-3-11(15)9-7-8(12)4-5-10(9)13/h4-5,7,14H,2-3,6H2,1H3. The molecule has 0 saturated carbocycles. The van der Waals surface area contributed by atoms with Gasteiger partial charge in [0.05, 0.1) is 5.56 Å². The van der Waals surface area contributed by atoms with Crippen LogP contribution in [0.3, 0.4) is 0 Å². The van der Waals surface area contributed by atoms with Crippen molar-refractivity contribution in [2.75, 3.05) is 13.6 Å². The molecule has 0 aliphatic heterocycles. The topological polar surface area (TPSA) is 29.1 Å². The summed E-state index contributed by atoms with van der Waals surface area (Å²) in [5, 5.41) is 2.88. The van der Waals surface area contributed by atoms with Gasteiger partial charge < -0.3 is 5.32 Å². The third-order valence-corrected chi connectivity index (χ3v) is 2.06. The van der Waals surface area contributed by atoms with E-state index in [1.165, 1.54) is 0 Å². The molecular weight excluding hydrogens is 200 g/mol. The lowest BCUT2D eigenvalue weighted by Gasteiger charge is -2.02. The Morgan fingerprint density at radius 2 is 2.13 bits per heavy atom. The van der Waals surface area contributed by atoms with Crippen LogP contribution in [0.2, 0.25) is 0 Å². The monoisotopic (exact) mass is 213 g/mol. The van der Waals surface area contributed by atoms with Crippen molar-refractivity contribution in [3.8, 4) is 0 Å². The lowest BCUT2D eigenvalue weighted by molar-refractivity contribution is 0.0976. The number of benzene rings is 1. The first-order chi connectivity index (χ1) is 7.15. The molecule has 82 valence electrons. The molecule has 0 atom stereocenters. The average Bonchev–Trinajstić information content (AvgIpc) is 2.22. The maximum absolute atomic E-state index is 13.1. The average molecular weight is 213 g/mol. The van der Waals surface area contributed by atoms with Crippen LogP contribution in [0.5, 0.6) is 0 Å². The first-order valence-corrected chi connectivity index (χ1v) is 4.78. The van der Waals surface area contributed by atoms with Crippen LogP contribution in [0.15, 0.2) is 18.2 Å². The summed E-state index contributed by atoms with van der Waals surface area (Å²) in [6.45, 7) is 0.683. The quantitative estimate of drug-likeness (QED) is 0.599. The van der Waals surface area contributed by atoms with E-state index in [-0.39, 0.29) is 17.8 Å². The minimum Gasteiger partial charge on any atom is -0.320 e. The highest BCUT2D eigenvalue weighted by Crippen LogP contribution is 2.12. The molecule has 1 aromatic rings. The zero-order valence-electron chi connectivity index (χ0n) is 8.52. The fourth-order valence-corrected chi connectivity index (χ4v) is 1.27. The smallest absolute Gasteiger partial charge is 0.165 e. The van der Waals surface area contributed by atoms with Crippen molar-refractivity contribution in [1.29, 1.82) is 0 Å². The minimum atomic E-state index is -0.661. The van der Waals surface area contributed by atoms with Crippen LogP contribution in [0.1, 0.15) is 23.2 Å². The van der Waals surface area contributed by atoms with E-state index in [9.17, 15) is 13.6 Å². The number of nitrogens with one attached hydrogen (secondary N) is 1. The molecule has 1 rings (SSSR count). The molecule has 15 heavy (non-hydrogen) atoms. The number of carbonyl (C=O) groups is 1. The van der Waals surface area contributed by atoms with Crippen LogP contribution in [-0.2, 0) is 0 Å². The van der Waals surface area contributed by atoms with Gasteiger partial charge in [-0.05, 0) is 38.2 Å². The van der Waals surface area contributed by atoms with Crippen molar-refractivity contribution in [2.24, 2.45) is 0 Å². The van der Waals surface area contributed by atoms with Gasteiger partial charge in [-0.1, -0.05) is 0 Å². The van der Waals surface area contributed by atoms with Crippen LogP contribution in [-0.4, -0.2) is 19.4 Å². The highest BCUT2D eigenvalue weighted by molar-refractivity contribution is 5.96. The maximum Gasteiger partial charge on any atom is 0.165 e. The van der Waals surface area contributed by atoms with Gasteiger partial charge in [-0.15, -0.1) is 0 Å². The Labute approximate surface area is 87.3 Å². The first-order valence-electron chi connectivity index (χ1n) is 4.78. The number of halogens is 2.